The van der Waals surface area contributed by atoms with Crippen molar-refractivity contribution in [2.45, 2.75) is 39.5 Å². The lowest BCUT2D eigenvalue weighted by Gasteiger charge is -2.18. The highest BCUT2D eigenvalue weighted by atomic mass is 32.2. The normalized spacial score (nSPS) is 11.9. The van der Waals surface area contributed by atoms with E-state index in [9.17, 15) is 13.2 Å². The Kier molecular flexibility index (Phi) is 5.23. The summed E-state index contributed by atoms with van der Waals surface area (Å²) in [6.07, 6.45) is 0. The van der Waals surface area contributed by atoms with Crippen LogP contribution in [-0.2, 0) is 14.8 Å². The molecule has 0 aromatic heterocycles. The van der Waals surface area contributed by atoms with Gasteiger partial charge >= 0.3 is 0 Å². The van der Waals surface area contributed by atoms with Gasteiger partial charge in [0.05, 0.1) is 10.6 Å². The molecule has 0 bridgehead atoms. The van der Waals surface area contributed by atoms with Gasteiger partial charge in [0.2, 0.25) is 5.91 Å². The van der Waals surface area contributed by atoms with Gasteiger partial charge < -0.3 is 5.32 Å². The Morgan fingerprint density at radius 2 is 1.56 bits per heavy atom. The molecule has 0 unspecified atom stereocenters. The van der Waals surface area contributed by atoms with Crippen LogP contribution in [0.5, 0.6) is 0 Å². The van der Waals surface area contributed by atoms with Crippen LogP contribution in [0, 0.1) is 19.3 Å². The lowest BCUT2D eigenvalue weighted by molar-refractivity contribution is -0.123. The van der Waals surface area contributed by atoms with Crippen LogP contribution in [-0.4, -0.2) is 14.3 Å². The number of nitrogens with one attached hydrogen (secondary N) is 2. The Morgan fingerprint density at radius 3 is 2.16 bits per heavy atom. The number of rotatable bonds is 4. The molecule has 2 rings (SSSR count). The van der Waals surface area contributed by atoms with Gasteiger partial charge in [0.25, 0.3) is 10.0 Å². The molecule has 2 aromatic carbocycles. The molecule has 2 aromatic rings. The lowest BCUT2D eigenvalue weighted by atomic mass is 9.95. The Bertz CT molecular complexity index is 897. The summed E-state index contributed by atoms with van der Waals surface area (Å²) in [4.78, 5) is 12.3. The van der Waals surface area contributed by atoms with Crippen molar-refractivity contribution in [1.82, 2.24) is 0 Å². The van der Waals surface area contributed by atoms with Gasteiger partial charge in [-0.2, -0.15) is 0 Å². The van der Waals surface area contributed by atoms with Crippen molar-refractivity contribution in [3.8, 4) is 0 Å². The first-order valence-electron chi connectivity index (χ1n) is 8.01. The summed E-state index contributed by atoms with van der Waals surface area (Å²) in [6, 6.07) is 11.7. The second-order valence-corrected chi connectivity index (χ2v) is 8.82. The number of amides is 1. The average Bonchev–Trinajstić information content (AvgIpc) is 2.48. The predicted molar refractivity (Wildman–Crippen MR) is 101 cm³/mol. The van der Waals surface area contributed by atoms with Crippen molar-refractivity contribution in [2.75, 3.05) is 10.0 Å². The molecule has 134 valence electrons. The van der Waals surface area contributed by atoms with E-state index in [1.165, 1.54) is 0 Å². The first-order chi connectivity index (χ1) is 11.5. The number of sulfonamides is 1. The zero-order valence-corrected chi connectivity index (χ0v) is 16.0. The highest BCUT2D eigenvalue weighted by molar-refractivity contribution is 7.92. The van der Waals surface area contributed by atoms with Crippen molar-refractivity contribution in [1.29, 1.82) is 0 Å². The largest absolute Gasteiger partial charge is 0.326 e. The number of carbonyl (C=O) groups excluding carboxylic acids is 1. The van der Waals surface area contributed by atoms with Crippen LogP contribution in [0.1, 0.15) is 31.9 Å². The van der Waals surface area contributed by atoms with E-state index >= 15 is 0 Å². The van der Waals surface area contributed by atoms with E-state index in [2.05, 4.69) is 10.0 Å². The smallest absolute Gasteiger partial charge is 0.261 e. The average molecular weight is 360 g/mol. The van der Waals surface area contributed by atoms with Crippen LogP contribution in [0.25, 0.3) is 0 Å². The molecule has 0 atom stereocenters. The number of aryl methyl sites for hydroxylation is 2. The number of hydrogen-bond donors (Lipinski definition) is 2. The Labute approximate surface area is 149 Å². The van der Waals surface area contributed by atoms with Crippen LogP contribution in [0.3, 0.4) is 0 Å². The number of anilines is 2. The zero-order valence-electron chi connectivity index (χ0n) is 15.2. The first kappa shape index (κ1) is 19.0. The fourth-order valence-electron chi connectivity index (χ4n) is 2.07. The van der Waals surface area contributed by atoms with Gasteiger partial charge in [-0.05, 0) is 55.3 Å². The maximum Gasteiger partial charge on any atom is 0.261 e. The summed E-state index contributed by atoms with van der Waals surface area (Å²) >= 11 is 0. The van der Waals surface area contributed by atoms with Crippen molar-refractivity contribution in [3.05, 3.63) is 53.6 Å². The summed E-state index contributed by atoms with van der Waals surface area (Å²) < 4.78 is 27.7. The molecule has 0 saturated carbocycles. The van der Waals surface area contributed by atoms with Gasteiger partial charge in [0.15, 0.2) is 0 Å². The third-order valence-electron chi connectivity index (χ3n) is 3.84. The third kappa shape index (κ3) is 4.82. The second kappa shape index (κ2) is 6.88. The van der Waals surface area contributed by atoms with Gasteiger partial charge in [0.1, 0.15) is 0 Å². The molecule has 0 saturated heterocycles. The van der Waals surface area contributed by atoms with Gasteiger partial charge in [-0.15, -0.1) is 0 Å². The number of carbonyl (C=O) groups is 1. The minimum absolute atomic E-state index is 0.137. The number of benzene rings is 2. The van der Waals surface area contributed by atoms with Gasteiger partial charge in [-0.3, -0.25) is 9.52 Å². The standard InChI is InChI=1S/C19H24N2O3S/c1-13-9-10-17(11-14(13)2)25(23,24)21-16-8-6-7-15(12-16)20-18(22)19(3,4)5/h6-12,21H,1-5H3,(H,20,22). The number of hydrogen-bond acceptors (Lipinski definition) is 3. The minimum Gasteiger partial charge on any atom is -0.326 e. The highest BCUT2D eigenvalue weighted by Gasteiger charge is 2.21. The van der Waals surface area contributed by atoms with E-state index < -0.39 is 15.4 Å². The highest BCUT2D eigenvalue weighted by Crippen LogP contribution is 2.23. The van der Waals surface area contributed by atoms with Crippen molar-refractivity contribution in [2.24, 2.45) is 5.41 Å². The third-order valence-corrected chi connectivity index (χ3v) is 5.22. The Balaban J connectivity index is 2.23. The molecule has 0 radical (unpaired) electrons. The molecule has 25 heavy (non-hydrogen) atoms. The Hall–Kier alpha value is -2.34. The maximum absolute atomic E-state index is 12.6. The second-order valence-electron chi connectivity index (χ2n) is 7.14. The molecular weight excluding hydrogens is 336 g/mol. The summed E-state index contributed by atoms with van der Waals surface area (Å²) in [5.74, 6) is -0.137. The SMILES string of the molecule is Cc1ccc(S(=O)(=O)Nc2cccc(NC(=O)C(C)(C)C)c2)cc1C. The van der Waals surface area contributed by atoms with Crippen molar-refractivity contribution < 1.29 is 13.2 Å². The summed E-state index contributed by atoms with van der Waals surface area (Å²) in [5, 5.41) is 2.79. The van der Waals surface area contributed by atoms with E-state index in [0.29, 0.717) is 11.4 Å². The summed E-state index contributed by atoms with van der Waals surface area (Å²) in [5.41, 5.74) is 2.35. The maximum atomic E-state index is 12.6. The predicted octanol–water partition coefficient (Wildman–Crippen LogP) is 4.09. The molecule has 1 amide bonds. The molecule has 6 heteroatoms. The molecule has 0 heterocycles. The van der Waals surface area contributed by atoms with Crippen LogP contribution < -0.4 is 10.0 Å². The van der Waals surface area contributed by atoms with Crippen LogP contribution >= 0.6 is 0 Å². The molecule has 0 aliphatic heterocycles. The summed E-state index contributed by atoms with van der Waals surface area (Å²) in [7, 11) is -3.69. The van der Waals surface area contributed by atoms with Gasteiger partial charge in [-0.1, -0.05) is 32.9 Å². The van der Waals surface area contributed by atoms with E-state index in [-0.39, 0.29) is 10.8 Å². The van der Waals surface area contributed by atoms with E-state index in [1.54, 1.807) is 42.5 Å². The quantitative estimate of drug-likeness (QED) is 0.862. The van der Waals surface area contributed by atoms with E-state index in [4.69, 9.17) is 0 Å². The molecular formula is C19H24N2O3S. The molecule has 0 spiro atoms. The fourth-order valence-corrected chi connectivity index (χ4v) is 3.21. The van der Waals surface area contributed by atoms with E-state index in [0.717, 1.165) is 11.1 Å². The van der Waals surface area contributed by atoms with Crippen LogP contribution in [0.4, 0.5) is 11.4 Å². The first-order valence-corrected chi connectivity index (χ1v) is 9.49. The molecule has 0 aliphatic rings. The summed E-state index contributed by atoms with van der Waals surface area (Å²) in [6.45, 7) is 9.25. The van der Waals surface area contributed by atoms with E-state index in [1.807, 2.05) is 34.6 Å². The minimum atomic E-state index is -3.69. The van der Waals surface area contributed by atoms with Gasteiger partial charge in [-0.25, -0.2) is 8.42 Å². The van der Waals surface area contributed by atoms with Crippen molar-refractivity contribution >= 4 is 27.3 Å². The molecule has 2 N–H and O–H groups in total. The molecule has 0 fully saturated rings. The topological polar surface area (TPSA) is 75.3 Å². The zero-order chi connectivity index (χ0) is 18.8. The van der Waals surface area contributed by atoms with Crippen molar-refractivity contribution in [3.63, 3.8) is 0 Å². The molecule has 0 aliphatic carbocycles. The Morgan fingerprint density at radius 1 is 0.920 bits per heavy atom. The monoisotopic (exact) mass is 360 g/mol. The lowest BCUT2D eigenvalue weighted by Crippen LogP contribution is -2.27. The van der Waals surface area contributed by atoms with Crippen LogP contribution in [0.15, 0.2) is 47.4 Å². The van der Waals surface area contributed by atoms with Crippen LogP contribution in [0.2, 0.25) is 0 Å². The fraction of sp³-hybridized carbons (Fsp3) is 0.316. The molecule has 5 nitrogen and oxygen atoms in total. The van der Waals surface area contributed by atoms with Gasteiger partial charge in [0, 0.05) is 11.1 Å².